The highest BCUT2D eigenvalue weighted by Gasteiger charge is 2.30. The summed E-state index contributed by atoms with van der Waals surface area (Å²) in [6, 6.07) is 7.81. The zero-order valence-electron chi connectivity index (χ0n) is 13.5. The molecule has 124 valence electrons. The van der Waals surface area contributed by atoms with Crippen molar-refractivity contribution in [1.82, 2.24) is 4.90 Å². The van der Waals surface area contributed by atoms with E-state index in [0.717, 1.165) is 37.3 Å². The van der Waals surface area contributed by atoms with Crippen molar-refractivity contribution in [3.63, 3.8) is 0 Å². The quantitative estimate of drug-likeness (QED) is 0.917. The maximum Gasteiger partial charge on any atom is 0.251 e. The van der Waals surface area contributed by atoms with Crippen molar-refractivity contribution in [3.05, 3.63) is 24.3 Å². The minimum absolute atomic E-state index is 0.0749. The number of nitrogens with one attached hydrogen (secondary N) is 1. The Morgan fingerprint density at radius 3 is 2.65 bits per heavy atom. The van der Waals surface area contributed by atoms with Gasteiger partial charge >= 0.3 is 0 Å². The van der Waals surface area contributed by atoms with Crippen LogP contribution < -0.4 is 10.2 Å². The largest absolute Gasteiger partial charge is 0.368 e. The second-order valence-corrected chi connectivity index (χ2v) is 6.05. The summed E-state index contributed by atoms with van der Waals surface area (Å²) in [7, 11) is 0. The Balaban J connectivity index is 1.58. The van der Waals surface area contributed by atoms with E-state index in [2.05, 4.69) is 10.2 Å². The molecule has 2 aliphatic rings. The number of amides is 2. The van der Waals surface area contributed by atoms with Gasteiger partial charge in [-0.1, -0.05) is 6.07 Å². The van der Waals surface area contributed by atoms with Crippen LogP contribution in [0.3, 0.4) is 0 Å². The van der Waals surface area contributed by atoms with E-state index in [0.29, 0.717) is 19.7 Å². The number of hydrogen-bond donors (Lipinski definition) is 1. The third-order valence-electron chi connectivity index (χ3n) is 4.33. The summed E-state index contributed by atoms with van der Waals surface area (Å²) in [5, 5.41) is 2.80. The molecule has 2 heterocycles. The second-order valence-electron chi connectivity index (χ2n) is 6.05. The predicted molar refractivity (Wildman–Crippen MR) is 88.5 cm³/mol. The molecule has 0 radical (unpaired) electrons. The van der Waals surface area contributed by atoms with Gasteiger partial charge in [-0.05, 0) is 31.0 Å². The van der Waals surface area contributed by atoms with E-state index in [1.54, 1.807) is 0 Å². The van der Waals surface area contributed by atoms with E-state index in [1.807, 2.05) is 29.2 Å². The van der Waals surface area contributed by atoms with E-state index in [1.165, 1.54) is 6.92 Å². The topological polar surface area (TPSA) is 61.9 Å². The molecule has 1 aromatic rings. The summed E-state index contributed by atoms with van der Waals surface area (Å²) in [5.74, 6) is 0.0586. The highest BCUT2D eigenvalue weighted by molar-refractivity contribution is 5.89. The van der Waals surface area contributed by atoms with Gasteiger partial charge in [-0.3, -0.25) is 9.59 Å². The van der Waals surface area contributed by atoms with Gasteiger partial charge in [0.2, 0.25) is 5.91 Å². The van der Waals surface area contributed by atoms with Crippen LogP contribution in [0.25, 0.3) is 0 Å². The molecule has 6 heteroatoms. The fraction of sp³-hybridized carbons (Fsp3) is 0.529. The van der Waals surface area contributed by atoms with E-state index >= 15 is 0 Å². The number of ether oxygens (including phenoxy) is 1. The molecule has 0 saturated carbocycles. The van der Waals surface area contributed by atoms with E-state index in [9.17, 15) is 9.59 Å². The average molecular weight is 317 g/mol. The minimum atomic E-state index is -0.232. The van der Waals surface area contributed by atoms with Gasteiger partial charge in [-0.15, -0.1) is 0 Å². The summed E-state index contributed by atoms with van der Waals surface area (Å²) in [4.78, 5) is 27.7. The first kappa shape index (κ1) is 15.8. The van der Waals surface area contributed by atoms with Gasteiger partial charge in [0.25, 0.3) is 5.91 Å². The number of benzene rings is 1. The number of hydrogen-bond acceptors (Lipinski definition) is 4. The molecule has 2 fully saturated rings. The molecule has 1 N–H and O–H groups in total. The molecule has 6 nitrogen and oxygen atoms in total. The van der Waals surface area contributed by atoms with Crippen LogP contribution in [-0.2, 0) is 14.3 Å². The Kier molecular flexibility index (Phi) is 4.81. The molecule has 0 bridgehead atoms. The van der Waals surface area contributed by atoms with Gasteiger partial charge in [0.1, 0.15) is 6.10 Å². The summed E-state index contributed by atoms with van der Waals surface area (Å²) < 4.78 is 5.49. The van der Waals surface area contributed by atoms with E-state index in [4.69, 9.17) is 4.74 Å². The van der Waals surface area contributed by atoms with Crippen LogP contribution >= 0.6 is 0 Å². The van der Waals surface area contributed by atoms with Crippen LogP contribution in [0.5, 0.6) is 0 Å². The molecule has 1 atom stereocenters. The van der Waals surface area contributed by atoms with Crippen molar-refractivity contribution in [3.8, 4) is 0 Å². The molecule has 1 unspecified atom stereocenters. The number of anilines is 2. The average Bonchev–Trinajstić information content (AvgIpc) is 3.08. The van der Waals surface area contributed by atoms with Crippen LogP contribution in [0.4, 0.5) is 11.4 Å². The zero-order valence-corrected chi connectivity index (χ0v) is 13.5. The first-order valence-corrected chi connectivity index (χ1v) is 8.16. The van der Waals surface area contributed by atoms with Crippen molar-refractivity contribution in [2.75, 3.05) is 43.0 Å². The maximum absolute atomic E-state index is 12.4. The lowest BCUT2D eigenvalue weighted by atomic mass is 10.2. The molecule has 2 aliphatic heterocycles. The van der Waals surface area contributed by atoms with Crippen LogP contribution in [0.2, 0.25) is 0 Å². The Morgan fingerprint density at radius 2 is 2.00 bits per heavy atom. The van der Waals surface area contributed by atoms with Crippen LogP contribution in [0.1, 0.15) is 19.8 Å². The molecule has 23 heavy (non-hydrogen) atoms. The molecule has 0 aromatic heterocycles. The Labute approximate surface area is 136 Å². The first-order valence-electron chi connectivity index (χ1n) is 8.16. The van der Waals surface area contributed by atoms with Crippen molar-refractivity contribution in [2.24, 2.45) is 0 Å². The standard InChI is InChI=1S/C17H23N3O3/c1-13(21)18-14-4-2-5-15(12-14)19-7-9-20(10-8-19)17(22)16-6-3-11-23-16/h2,4-5,12,16H,3,6-11H2,1H3,(H,18,21). The third kappa shape index (κ3) is 3.82. The number of piperazine rings is 1. The van der Waals surface area contributed by atoms with Gasteiger partial charge in [0, 0.05) is 51.1 Å². The predicted octanol–water partition coefficient (Wildman–Crippen LogP) is 1.47. The van der Waals surface area contributed by atoms with Gasteiger partial charge in [-0.25, -0.2) is 0 Å². The van der Waals surface area contributed by atoms with Crippen molar-refractivity contribution >= 4 is 23.2 Å². The molecule has 3 rings (SSSR count). The Bertz CT molecular complexity index is 576. The summed E-state index contributed by atoms with van der Waals surface area (Å²) in [6.07, 6.45) is 1.59. The summed E-state index contributed by atoms with van der Waals surface area (Å²) >= 11 is 0. The molecule has 2 amide bonds. The fourth-order valence-corrected chi connectivity index (χ4v) is 3.14. The highest BCUT2D eigenvalue weighted by atomic mass is 16.5. The number of rotatable bonds is 3. The third-order valence-corrected chi connectivity index (χ3v) is 4.33. The lowest BCUT2D eigenvalue weighted by Gasteiger charge is -2.37. The Hall–Kier alpha value is -2.08. The normalized spacial score (nSPS) is 21.3. The van der Waals surface area contributed by atoms with E-state index in [-0.39, 0.29) is 17.9 Å². The van der Waals surface area contributed by atoms with Gasteiger partial charge in [0.05, 0.1) is 0 Å². The highest BCUT2D eigenvalue weighted by Crippen LogP contribution is 2.22. The molecule has 1 aromatic carbocycles. The molecule has 0 spiro atoms. The SMILES string of the molecule is CC(=O)Nc1cccc(N2CCN(C(=O)C3CCCO3)CC2)c1. The van der Waals surface area contributed by atoms with Crippen molar-refractivity contribution < 1.29 is 14.3 Å². The number of carbonyl (C=O) groups excluding carboxylic acids is 2. The first-order chi connectivity index (χ1) is 11.1. The molecule has 0 aliphatic carbocycles. The van der Waals surface area contributed by atoms with Crippen LogP contribution in [0, 0.1) is 0 Å². The number of nitrogens with zero attached hydrogens (tertiary/aromatic N) is 2. The second kappa shape index (κ2) is 7.00. The number of carbonyl (C=O) groups is 2. The van der Waals surface area contributed by atoms with Crippen molar-refractivity contribution in [1.29, 1.82) is 0 Å². The molecule has 2 saturated heterocycles. The van der Waals surface area contributed by atoms with Gasteiger partial charge < -0.3 is 19.9 Å². The molecular weight excluding hydrogens is 294 g/mol. The molecular formula is C17H23N3O3. The van der Waals surface area contributed by atoms with Gasteiger partial charge in [-0.2, -0.15) is 0 Å². The van der Waals surface area contributed by atoms with E-state index < -0.39 is 0 Å². The maximum atomic E-state index is 12.4. The summed E-state index contributed by atoms with van der Waals surface area (Å²) in [5.41, 5.74) is 1.87. The Morgan fingerprint density at radius 1 is 1.22 bits per heavy atom. The fourth-order valence-electron chi connectivity index (χ4n) is 3.14. The minimum Gasteiger partial charge on any atom is -0.368 e. The van der Waals surface area contributed by atoms with Crippen LogP contribution in [0.15, 0.2) is 24.3 Å². The van der Waals surface area contributed by atoms with Gasteiger partial charge in [0.15, 0.2) is 0 Å². The van der Waals surface area contributed by atoms with Crippen LogP contribution in [-0.4, -0.2) is 55.6 Å². The monoisotopic (exact) mass is 317 g/mol. The zero-order chi connectivity index (χ0) is 16.2. The summed E-state index contributed by atoms with van der Waals surface area (Å²) in [6.45, 7) is 5.21. The lowest BCUT2D eigenvalue weighted by Crippen LogP contribution is -2.51. The van der Waals surface area contributed by atoms with Crippen molar-refractivity contribution in [2.45, 2.75) is 25.9 Å². The smallest absolute Gasteiger partial charge is 0.251 e. The lowest BCUT2D eigenvalue weighted by molar-refractivity contribution is -0.141.